The second-order valence-corrected chi connectivity index (χ2v) is 4.27. The SMILES string of the molecule is c1ccc(OCC2CN2c2ccccc2)cc1. The average Bonchev–Trinajstić information content (AvgIpc) is 3.18. The van der Waals surface area contributed by atoms with E-state index in [-0.39, 0.29) is 0 Å². The van der Waals surface area contributed by atoms with Gasteiger partial charge in [0, 0.05) is 12.2 Å². The minimum atomic E-state index is 0.526. The molecule has 1 unspecified atom stereocenters. The zero-order valence-electron chi connectivity index (χ0n) is 9.62. The first-order valence-corrected chi connectivity index (χ1v) is 5.93. The van der Waals surface area contributed by atoms with Gasteiger partial charge in [0.15, 0.2) is 0 Å². The van der Waals surface area contributed by atoms with E-state index in [0.29, 0.717) is 6.04 Å². The van der Waals surface area contributed by atoms with Crippen molar-refractivity contribution < 1.29 is 4.74 Å². The molecule has 1 saturated heterocycles. The Balaban J connectivity index is 1.53. The number of benzene rings is 2. The fourth-order valence-electron chi connectivity index (χ4n) is 1.97. The lowest BCUT2D eigenvalue weighted by Crippen LogP contribution is -2.09. The van der Waals surface area contributed by atoms with Crippen molar-refractivity contribution in [2.45, 2.75) is 6.04 Å². The van der Waals surface area contributed by atoms with Crippen molar-refractivity contribution in [3.63, 3.8) is 0 Å². The van der Waals surface area contributed by atoms with Crippen molar-refractivity contribution in [1.29, 1.82) is 0 Å². The van der Waals surface area contributed by atoms with Crippen LogP contribution in [0.3, 0.4) is 0 Å². The topological polar surface area (TPSA) is 12.2 Å². The molecule has 2 aromatic rings. The van der Waals surface area contributed by atoms with Crippen molar-refractivity contribution in [2.75, 3.05) is 18.1 Å². The van der Waals surface area contributed by atoms with Gasteiger partial charge in [0.05, 0.1) is 6.04 Å². The van der Waals surface area contributed by atoms with Gasteiger partial charge in [0.25, 0.3) is 0 Å². The van der Waals surface area contributed by atoms with Gasteiger partial charge in [-0.05, 0) is 24.3 Å². The quantitative estimate of drug-likeness (QED) is 0.742. The maximum Gasteiger partial charge on any atom is 0.119 e. The van der Waals surface area contributed by atoms with Crippen LogP contribution < -0.4 is 9.64 Å². The molecule has 0 aromatic heterocycles. The van der Waals surface area contributed by atoms with Crippen LogP contribution in [0.1, 0.15) is 0 Å². The fourth-order valence-corrected chi connectivity index (χ4v) is 1.97. The van der Waals surface area contributed by atoms with Crippen LogP contribution in [-0.4, -0.2) is 19.2 Å². The van der Waals surface area contributed by atoms with Crippen LogP contribution in [0.15, 0.2) is 60.7 Å². The molecular formula is C15H15NO. The van der Waals surface area contributed by atoms with Crippen molar-refractivity contribution in [1.82, 2.24) is 0 Å². The summed E-state index contributed by atoms with van der Waals surface area (Å²) in [4.78, 5) is 2.35. The van der Waals surface area contributed by atoms with Gasteiger partial charge in [0.2, 0.25) is 0 Å². The van der Waals surface area contributed by atoms with Gasteiger partial charge >= 0.3 is 0 Å². The molecule has 0 amide bonds. The number of para-hydroxylation sites is 2. The highest BCUT2D eigenvalue weighted by molar-refractivity contribution is 5.53. The van der Waals surface area contributed by atoms with E-state index in [4.69, 9.17) is 4.74 Å². The van der Waals surface area contributed by atoms with Crippen molar-refractivity contribution >= 4 is 5.69 Å². The Kier molecular flexibility index (Phi) is 2.70. The van der Waals surface area contributed by atoms with Gasteiger partial charge in [-0.3, -0.25) is 0 Å². The molecule has 86 valence electrons. The molecule has 2 aromatic carbocycles. The Labute approximate surface area is 101 Å². The van der Waals surface area contributed by atoms with Crippen LogP contribution in [0, 0.1) is 0 Å². The first-order chi connectivity index (χ1) is 8.43. The summed E-state index contributed by atoms with van der Waals surface area (Å²) in [5.41, 5.74) is 1.29. The molecule has 0 radical (unpaired) electrons. The van der Waals surface area contributed by atoms with E-state index in [1.54, 1.807) is 0 Å². The molecule has 3 rings (SSSR count). The van der Waals surface area contributed by atoms with Gasteiger partial charge in [-0.25, -0.2) is 0 Å². The number of anilines is 1. The first-order valence-electron chi connectivity index (χ1n) is 5.93. The van der Waals surface area contributed by atoms with Gasteiger partial charge in [-0.15, -0.1) is 0 Å². The maximum atomic E-state index is 5.74. The second-order valence-electron chi connectivity index (χ2n) is 4.27. The minimum absolute atomic E-state index is 0.526. The lowest BCUT2D eigenvalue weighted by molar-refractivity contribution is 0.322. The Hall–Kier alpha value is -1.96. The van der Waals surface area contributed by atoms with E-state index in [9.17, 15) is 0 Å². The van der Waals surface area contributed by atoms with E-state index < -0.39 is 0 Å². The predicted molar refractivity (Wildman–Crippen MR) is 69.5 cm³/mol. The third-order valence-electron chi connectivity index (χ3n) is 2.99. The zero-order chi connectivity index (χ0) is 11.5. The van der Waals surface area contributed by atoms with Crippen LogP contribution in [0.25, 0.3) is 0 Å². The van der Waals surface area contributed by atoms with E-state index >= 15 is 0 Å². The Morgan fingerprint density at radius 1 is 0.941 bits per heavy atom. The molecule has 0 saturated carbocycles. The van der Waals surface area contributed by atoms with Crippen LogP contribution in [0.4, 0.5) is 5.69 Å². The van der Waals surface area contributed by atoms with Crippen molar-refractivity contribution in [2.24, 2.45) is 0 Å². The highest BCUT2D eigenvalue weighted by Crippen LogP contribution is 2.27. The minimum Gasteiger partial charge on any atom is -0.491 e. The highest BCUT2D eigenvalue weighted by atomic mass is 16.5. The normalized spacial score (nSPS) is 17.9. The molecule has 0 bridgehead atoms. The molecule has 1 fully saturated rings. The average molecular weight is 225 g/mol. The standard InChI is InChI=1S/C15H15NO/c1-3-7-13(8-4-1)16-11-14(16)12-17-15-9-5-2-6-10-15/h1-10,14H,11-12H2. The summed E-state index contributed by atoms with van der Waals surface area (Å²) in [5, 5.41) is 0. The summed E-state index contributed by atoms with van der Waals surface area (Å²) in [6.45, 7) is 1.86. The molecule has 2 heteroatoms. The molecule has 0 N–H and O–H groups in total. The summed E-state index contributed by atoms with van der Waals surface area (Å²) in [7, 11) is 0. The third kappa shape index (κ3) is 2.41. The summed E-state index contributed by atoms with van der Waals surface area (Å²) in [6, 6.07) is 21.0. The van der Waals surface area contributed by atoms with Crippen molar-refractivity contribution in [3.05, 3.63) is 60.7 Å². The number of nitrogens with zero attached hydrogens (tertiary/aromatic N) is 1. The first kappa shape index (κ1) is 10.2. The van der Waals surface area contributed by atoms with E-state index in [2.05, 4.69) is 29.2 Å². The number of hydrogen-bond donors (Lipinski definition) is 0. The molecule has 1 atom stereocenters. The molecule has 1 heterocycles. The van der Waals surface area contributed by atoms with Gasteiger partial charge in [-0.1, -0.05) is 36.4 Å². The highest BCUT2D eigenvalue weighted by Gasteiger charge is 2.34. The van der Waals surface area contributed by atoms with E-state index in [1.165, 1.54) is 5.69 Å². The van der Waals surface area contributed by atoms with Gasteiger partial charge < -0.3 is 9.64 Å². The fraction of sp³-hybridized carbons (Fsp3) is 0.200. The Morgan fingerprint density at radius 3 is 2.29 bits per heavy atom. The molecule has 0 aliphatic carbocycles. The molecular weight excluding hydrogens is 210 g/mol. The van der Waals surface area contributed by atoms with Crippen LogP contribution in [-0.2, 0) is 0 Å². The van der Waals surface area contributed by atoms with E-state index in [1.807, 2.05) is 36.4 Å². The Bertz CT molecular complexity index is 469. The molecule has 1 aliphatic heterocycles. The zero-order valence-corrected chi connectivity index (χ0v) is 9.62. The van der Waals surface area contributed by atoms with Crippen molar-refractivity contribution in [3.8, 4) is 5.75 Å². The van der Waals surface area contributed by atoms with Crippen LogP contribution in [0.2, 0.25) is 0 Å². The molecule has 1 aliphatic rings. The summed E-state index contributed by atoms with van der Waals surface area (Å²) in [6.07, 6.45) is 0. The van der Waals surface area contributed by atoms with Crippen LogP contribution >= 0.6 is 0 Å². The van der Waals surface area contributed by atoms with Gasteiger partial charge in [0.1, 0.15) is 12.4 Å². The smallest absolute Gasteiger partial charge is 0.119 e. The maximum absolute atomic E-state index is 5.74. The Morgan fingerprint density at radius 2 is 1.59 bits per heavy atom. The lowest BCUT2D eigenvalue weighted by Gasteiger charge is -2.07. The monoisotopic (exact) mass is 225 g/mol. The summed E-state index contributed by atoms with van der Waals surface area (Å²) < 4.78 is 5.74. The van der Waals surface area contributed by atoms with Crippen LogP contribution in [0.5, 0.6) is 5.75 Å². The predicted octanol–water partition coefficient (Wildman–Crippen LogP) is 2.95. The number of rotatable bonds is 4. The lowest BCUT2D eigenvalue weighted by atomic mass is 10.3. The molecule has 0 spiro atoms. The number of ether oxygens (including phenoxy) is 1. The summed E-state index contributed by atoms with van der Waals surface area (Å²) in [5.74, 6) is 0.951. The largest absolute Gasteiger partial charge is 0.491 e. The third-order valence-corrected chi connectivity index (χ3v) is 2.99. The summed E-state index contributed by atoms with van der Waals surface area (Å²) >= 11 is 0. The number of hydrogen-bond acceptors (Lipinski definition) is 2. The second kappa shape index (κ2) is 4.50. The molecule has 2 nitrogen and oxygen atoms in total. The molecule has 17 heavy (non-hydrogen) atoms. The van der Waals surface area contributed by atoms with Gasteiger partial charge in [-0.2, -0.15) is 0 Å². The van der Waals surface area contributed by atoms with E-state index in [0.717, 1.165) is 18.9 Å².